The van der Waals surface area contributed by atoms with Crippen LogP contribution in [0.3, 0.4) is 0 Å². The molecule has 1 saturated heterocycles. The number of piperidine rings is 1. The second-order valence-corrected chi connectivity index (χ2v) is 6.71. The van der Waals surface area contributed by atoms with E-state index in [2.05, 4.69) is 48.3 Å². The number of hydrogen-bond donors (Lipinski definition) is 1. The number of nitrogens with one attached hydrogen (secondary N) is 1. The summed E-state index contributed by atoms with van der Waals surface area (Å²) in [5.41, 5.74) is 2.87. The fraction of sp³-hybridized carbons (Fsp3) is 0.667. The summed E-state index contributed by atoms with van der Waals surface area (Å²) in [4.78, 5) is 2.78. The van der Waals surface area contributed by atoms with E-state index in [0.29, 0.717) is 6.04 Å². The van der Waals surface area contributed by atoms with Crippen LogP contribution < -0.4 is 5.32 Å². The lowest BCUT2D eigenvalue weighted by atomic mass is 9.95. The van der Waals surface area contributed by atoms with E-state index < -0.39 is 0 Å². The maximum absolute atomic E-state index is 3.48. The van der Waals surface area contributed by atoms with Gasteiger partial charge in [0.05, 0.1) is 0 Å². The summed E-state index contributed by atoms with van der Waals surface area (Å²) in [5, 5.41) is 3.48. The molecule has 110 valence electrons. The third kappa shape index (κ3) is 3.42. The van der Waals surface area contributed by atoms with Crippen molar-refractivity contribution in [1.29, 1.82) is 0 Å². The van der Waals surface area contributed by atoms with Gasteiger partial charge in [0.25, 0.3) is 0 Å². The monoisotopic (exact) mass is 272 g/mol. The Bertz CT molecular complexity index is 433. The molecule has 1 N–H and O–H groups in total. The molecule has 3 rings (SSSR count). The molecule has 2 nitrogen and oxygen atoms in total. The fourth-order valence-electron chi connectivity index (χ4n) is 3.51. The Labute approximate surface area is 123 Å². The van der Waals surface area contributed by atoms with Crippen LogP contribution in [0.5, 0.6) is 0 Å². The molecule has 1 heterocycles. The van der Waals surface area contributed by atoms with Crippen molar-refractivity contribution >= 4 is 0 Å². The van der Waals surface area contributed by atoms with E-state index in [9.17, 15) is 0 Å². The average Bonchev–Trinajstić information content (AvgIpc) is 3.30. The van der Waals surface area contributed by atoms with Crippen LogP contribution in [-0.2, 0) is 0 Å². The van der Waals surface area contributed by atoms with Crippen LogP contribution >= 0.6 is 0 Å². The normalized spacial score (nSPS) is 22.1. The maximum atomic E-state index is 3.48. The molecule has 20 heavy (non-hydrogen) atoms. The first-order valence-corrected chi connectivity index (χ1v) is 8.27. The summed E-state index contributed by atoms with van der Waals surface area (Å²) >= 11 is 0. The van der Waals surface area contributed by atoms with Crippen molar-refractivity contribution in [3.05, 3.63) is 35.4 Å². The van der Waals surface area contributed by atoms with Crippen molar-refractivity contribution in [2.75, 3.05) is 19.6 Å². The minimum Gasteiger partial charge on any atom is -0.317 e. The Morgan fingerprint density at radius 3 is 2.60 bits per heavy atom. The van der Waals surface area contributed by atoms with Gasteiger partial charge >= 0.3 is 0 Å². The van der Waals surface area contributed by atoms with E-state index in [0.717, 1.165) is 12.0 Å². The van der Waals surface area contributed by atoms with E-state index >= 15 is 0 Å². The van der Waals surface area contributed by atoms with Gasteiger partial charge in [-0.1, -0.05) is 29.8 Å². The van der Waals surface area contributed by atoms with Gasteiger partial charge in [-0.05, 0) is 64.1 Å². The Hall–Kier alpha value is -0.860. The standard InChI is InChI=1S/C18H28N2/c1-14-4-3-5-17(12-14)15(2)20(18-6-7-18)13-16-8-10-19-11-9-16/h3-5,12,15-16,18-19H,6-11,13H2,1-2H3. The Kier molecular flexibility index (Phi) is 4.42. The van der Waals surface area contributed by atoms with Gasteiger partial charge in [-0.15, -0.1) is 0 Å². The van der Waals surface area contributed by atoms with E-state index in [4.69, 9.17) is 0 Å². The van der Waals surface area contributed by atoms with Crippen LogP contribution in [0.2, 0.25) is 0 Å². The molecule has 1 saturated carbocycles. The lowest BCUT2D eigenvalue weighted by Crippen LogP contribution is -2.38. The summed E-state index contributed by atoms with van der Waals surface area (Å²) in [6, 6.07) is 10.5. The molecule has 0 radical (unpaired) electrons. The minimum absolute atomic E-state index is 0.567. The van der Waals surface area contributed by atoms with Crippen molar-refractivity contribution in [2.24, 2.45) is 5.92 Å². The summed E-state index contributed by atoms with van der Waals surface area (Å²) < 4.78 is 0. The van der Waals surface area contributed by atoms with Crippen LogP contribution in [0.1, 0.15) is 49.8 Å². The molecule has 1 aromatic carbocycles. The van der Waals surface area contributed by atoms with Crippen LogP contribution in [0.15, 0.2) is 24.3 Å². The molecule has 2 aliphatic rings. The Balaban J connectivity index is 1.69. The number of benzene rings is 1. The van der Waals surface area contributed by atoms with Gasteiger partial charge in [-0.3, -0.25) is 4.90 Å². The minimum atomic E-state index is 0.567. The molecule has 1 unspecified atom stereocenters. The van der Waals surface area contributed by atoms with Gasteiger partial charge < -0.3 is 5.32 Å². The van der Waals surface area contributed by atoms with Crippen LogP contribution in [0.4, 0.5) is 0 Å². The second kappa shape index (κ2) is 6.28. The van der Waals surface area contributed by atoms with E-state index in [1.54, 1.807) is 0 Å². The molecular weight excluding hydrogens is 244 g/mol. The highest BCUT2D eigenvalue weighted by Crippen LogP contribution is 2.36. The molecule has 1 atom stereocenters. The average molecular weight is 272 g/mol. The highest BCUT2D eigenvalue weighted by molar-refractivity contribution is 5.25. The molecule has 0 spiro atoms. The topological polar surface area (TPSA) is 15.3 Å². The van der Waals surface area contributed by atoms with Gasteiger partial charge in [0.1, 0.15) is 0 Å². The number of aryl methyl sites for hydroxylation is 1. The predicted molar refractivity (Wildman–Crippen MR) is 84.9 cm³/mol. The smallest absolute Gasteiger partial charge is 0.0323 e. The molecule has 0 amide bonds. The molecule has 1 aromatic rings. The zero-order chi connectivity index (χ0) is 13.9. The van der Waals surface area contributed by atoms with Gasteiger partial charge in [-0.25, -0.2) is 0 Å². The first-order chi connectivity index (χ1) is 9.74. The molecule has 0 bridgehead atoms. The van der Waals surface area contributed by atoms with Gasteiger partial charge in [0, 0.05) is 18.6 Å². The lowest BCUT2D eigenvalue weighted by Gasteiger charge is -2.34. The van der Waals surface area contributed by atoms with Gasteiger partial charge in [0.2, 0.25) is 0 Å². The van der Waals surface area contributed by atoms with Crippen molar-refractivity contribution in [3.8, 4) is 0 Å². The van der Waals surface area contributed by atoms with Crippen LogP contribution in [-0.4, -0.2) is 30.6 Å². The fourth-order valence-corrected chi connectivity index (χ4v) is 3.51. The maximum Gasteiger partial charge on any atom is 0.0323 e. The SMILES string of the molecule is Cc1cccc(C(C)N(CC2CCNCC2)C2CC2)c1. The van der Waals surface area contributed by atoms with Crippen LogP contribution in [0, 0.1) is 12.8 Å². The van der Waals surface area contributed by atoms with E-state index in [-0.39, 0.29) is 0 Å². The van der Waals surface area contributed by atoms with Crippen molar-refractivity contribution in [2.45, 2.75) is 51.6 Å². The van der Waals surface area contributed by atoms with Crippen molar-refractivity contribution < 1.29 is 0 Å². The summed E-state index contributed by atoms with van der Waals surface area (Å²) in [6.45, 7) is 8.31. The third-order valence-electron chi connectivity index (χ3n) is 4.97. The number of nitrogens with zero attached hydrogens (tertiary/aromatic N) is 1. The second-order valence-electron chi connectivity index (χ2n) is 6.71. The highest BCUT2D eigenvalue weighted by atomic mass is 15.2. The molecule has 2 heteroatoms. The van der Waals surface area contributed by atoms with Gasteiger partial charge in [-0.2, -0.15) is 0 Å². The molecule has 1 aliphatic heterocycles. The van der Waals surface area contributed by atoms with Crippen LogP contribution in [0.25, 0.3) is 0 Å². The zero-order valence-electron chi connectivity index (χ0n) is 12.9. The summed E-state index contributed by atoms with van der Waals surface area (Å²) in [7, 11) is 0. The first-order valence-electron chi connectivity index (χ1n) is 8.27. The highest BCUT2D eigenvalue weighted by Gasteiger charge is 2.34. The Morgan fingerprint density at radius 2 is 1.95 bits per heavy atom. The first kappa shape index (κ1) is 14.1. The zero-order valence-corrected chi connectivity index (χ0v) is 12.9. The lowest BCUT2D eigenvalue weighted by molar-refractivity contribution is 0.152. The van der Waals surface area contributed by atoms with E-state index in [1.807, 2.05) is 0 Å². The van der Waals surface area contributed by atoms with Crippen molar-refractivity contribution in [1.82, 2.24) is 10.2 Å². The molecule has 0 aromatic heterocycles. The summed E-state index contributed by atoms with van der Waals surface area (Å²) in [5.74, 6) is 0.893. The largest absolute Gasteiger partial charge is 0.317 e. The Morgan fingerprint density at radius 1 is 1.20 bits per heavy atom. The predicted octanol–water partition coefficient (Wildman–Crippen LogP) is 3.52. The quantitative estimate of drug-likeness (QED) is 0.882. The molecule has 2 fully saturated rings. The van der Waals surface area contributed by atoms with Crippen molar-refractivity contribution in [3.63, 3.8) is 0 Å². The summed E-state index contributed by atoms with van der Waals surface area (Å²) in [6.07, 6.45) is 5.51. The number of rotatable bonds is 5. The number of hydrogen-bond acceptors (Lipinski definition) is 2. The van der Waals surface area contributed by atoms with E-state index in [1.165, 1.54) is 56.4 Å². The van der Waals surface area contributed by atoms with Gasteiger partial charge in [0.15, 0.2) is 0 Å². The third-order valence-corrected chi connectivity index (χ3v) is 4.97. The molecular formula is C18H28N2. The molecule has 1 aliphatic carbocycles.